The van der Waals surface area contributed by atoms with Crippen LogP contribution in [0.15, 0.2) is 18.2 Å². The Labute approximate surface area is 89.5 Å². The third-order valence-corrected chi connectivity index (χ3v) is 2.33. The average molecular weight is 213 g/mol. The maximum atomic E-state index is 13.4. The fourth-order valence-electron chi connectivity index (χ4n) is 1.42. The van der Waals surface area contributed by atoms with Gasteiger partial charge in [-0.05, 0) is 17.5 Å². The quantitative estimate of drug-likeness (QED) is 0.810. The molecule has 0 bridgehead atoms. The lowest BCUT2D eigenvalue weighted by molar-refractivity contribution is 0.519. The lowest BCUT2D eigenvalue weighted by Gasteiger charge is -2.15. The lowest BCUT2D eigenvalue weighted by atomic mass is 10.0. The summed E-state index contributed by atoms with van der Waals surface area (Å²) in [6, 6.07) is 4.11. The normalized spacial score (nSPS) is 13.2. The second-order valence-electron chi connectivity index (χ2n) is 4.13. The molecule has 0 saturated heterocycles. The first-order valence-corrected chi connectivity index (χ1v) is 5.19. The van der Waals surface area contributed by atoms with Crippen molar-refractivity contribution in [2.75, 3.05) is 6.54 Å². The summed E-state index contributed by atoms with van der Waals surface area (Å²) in [5.41, 5.74) is 0.560. The van der Waals surface area contributed by atoms with E-state index in [0.717, 1.165) is 6.07 Å². The molecule has 0 heterocycles. The summed E-state index contributed by atoms with van der Waals surface area (Å²) >= 11 is 0. The molecule has 0 saturated carbocycles. The largest absolute Gasteiger partial charge is 0.314 e. The highest BCUT2D eigenvalue weighted by atomic mass is 19.1. The van der Waals surface area contributed by atoms with Crippen LogP contribution >= 0.6 is 0 Å². The van der Waals surface area contributed by atoms with Crippen LogP contribution < -0.4 is 5.32 Å². The van der Waals surface area contributed by atoms with E-state index in [-0.39, 0.29) is 5.92 Å². The van der Waals surface area contributed by atoms with Crippen molar-refractivity contribution in [2.24, 2.45) is 0 Å². The fourth-order valence-corrected chi connectivity index (χ4v) is 1.42. The third kappa shape index (κ3) is 3.59. The molecule has 0 spiro atoms. The lowest BCUT2D eigenvalue weighted by Crippen LogP contribution is -2.27. The first-order valence-electron chi connectivity index (χ1n) is 5.19. The molecule has 84 valence electrons. The summed E-state index contributed by atoms with van der Waals surface area (Å²) in [6.45, 7) is 6.69. The second kappa shape index (κ2) is 5.21. The predicted octanol–water partition coefficient (Wildman–Crippen LogP) is 3.07. The van der Waals surface area contributed by atoms with Gasteiger partial charge in [-0.25, -0.2) is 8.78 Å². The predicted molar refractivity (Wildman–Crippen MR) is 57.9 cm³/mol. The number of benzene rings is 1. The van der Waals surface area contributed by atoms with Crippen molar-refractivity contribution in [2.45, 2.75) is 32.7 Å². The summed E-state index contributed by atoms with van der Waals surface area (Å²) in [5, 5.41) is 3.23. The molecule has 1 rings (SSSR count). The summed E-state index contributed by atoms with van der Waals surface area (Å²) in [5.74, 6) is -0.943. The number of hydrogen-bond donors (Lipinski definition) is 1. The van der Waals surface area contributed by atoms with Crippen LogP contribution in [0.25, 0.3) is 0 Å². The van der Waals surface area contributed by atoms with Gasteiger partial charge in [0.15, 0.2) is 0 Å². The molecule has 1 aromatic carbocycles. The summed E-state index contributed by atoms with van der Waals surface area (Å²) in [7, 11) is 0. The van der Waals surface area contributed by atoms with Gasteiger partial charge in [0.05, 0.1) is 0 Å². The van der Waals surface area contributed by atoms with Crippen molar-refractivity contribution in [3.05, 3.63) is 35.4 Å². The highest BCUT2D eigenvalue weighted by Crippen LogP contribution is 2.19. The van der Waals surface area contributed by atoms with Gasteiger partial charge < -0.3 is 5.32 Å². The van der Waals surface area contributed by atoms with E-state index in [1.54, 1.807) is 0 Å². The van der Waals surface area contributed by atoms with Gasteiger partial charge in [0, 0.05) is 18.7 Å². The fraction of sp³-hybridized carbons (Fsp3) is 0.500. The number of nitrogens with one attached hydrogen (secondary N) is 1. The van der Waals surface area contributed by atoms with Crippen molar-refractivity contribution in [1.82, 2.24) is 5.32 Å². The van der Waals surface area contributed by atoms with E-state index >= 15 is 0 Å². The Balaban J connectivity index is 2.69. The molecule has 0 aliphatic heterocycles. The minimum absolute atomic E-state index is 0.0491. The van der Waals surface area contributed by atoms with E-state index in [4.69, 9.17) is 0 Å². The molecule has 3 heteroatoms. The van der Waals surface area contributed by atoms with Gasteiger partial charge in [-0.3, -0.25) is 0 Å². The molecule has 1 atom stereocenters. The van der Waals surface area contributed by atoms with Gasteiger partial charge in [0.1, 0.15) is 11.6 Å². The number of halogens is 2. The molecule has 0 amide bonds. The first-order chi connectivity index (χ1) is 7.00. The van der Waals surface area contributed by atoms with Crippen LogP contribution in [0, 0.1) is 11.6 Å². The first kappa shape index (κ1) is 12.1. The molecule has 0 aliphatic carbocycles. The zero-order valence-electron chi connectivity index (χ0n) is 9.35. The Morgan fingerprint density at radius 3 is 2.40 bits per heavy atom. The van der Waals surface area contributed by atoms with Crippen LogP contribution in [-0.2, 0) is 0 Å². The molecule has 1 unspecified atom stereocenters. The van der Waals surface area contributed by atoms with Crippen molar-refractivity contribution in [3.63, 3.8) is 0 Å². The Morgan fingerprint density at radius 1 is 1.20 bits per heavy atom. The number of hydrogen-bond acceptors (Lipinski definition) is 1. The Kier molecular flexibility index (Phi) is 4.21. The average Bonchev–Trinajstić information content (AvgIpc) is 2.14. The van der Waals surface area contributed by atoms with Gasteiger partial charge >= 0.3 is 0 Å². The van der Waals surface area contributed by atoms with Gasteiger partial charge in [-0.2, -0.15) is 0 Å². The van der Waals surface area contributed by atoms with E-state index in [0.29, 0.717) is 18.2 Å². The Hall–Kier alpha value is -0.960. The van der Waals surface area contributed by atoms with E-state index in [2.05, 4.69) is 5.32 Å². The van der Waals surface area contributed by atoms with Crippen LogP contribution in [0.4, 0.5) is 8.78 Å². The SMILES string of the molecule is CC(C)NCC(C)c1ccc(F)cc1F. The molecule has 1 nitrogen and oxygen atoms in total. The Morgan fingerprint density at radius 2 is 1.87 bits per heavy atom. The van der Waals surface area contributed by atoms with Crippen molar-refractivity contribution < 1.29 is 8.78 Å². The molecule has 15 heavy (non-hydrogen) atoms. The van der Waals surface area contributed by atoms with Crippen molar-refractivity contribution in [3.8, 4) is 0 Å². The molecule has 1 N–H and O–H groups in total. The van der Waals surface area contributed by atoms with E-state index in [9.17, 15) is 8.78 Å². The molecule has 0 aromatic heterocycles. The highest BCUT2D eigenvalue weighted by molar-refractivity contribution is 5.22. The summed E-state index contributed by atoms with van der Waals surface area (Å²) in [4.78, 5) is 0. The number of rotatable bonds is 4. The topological polar surface area (TPSA) is 12.0 Å². The standard InChI is InChI=1S/C12H17F2N/c1-8(2)15-7-9(3)11-5-4-10(13)6-12(11)14/h4-6,8-9,15H,7H2,1-3H3. The molecular weight excluding hydrogens is 196 g/mol. The van der Waals surface area contributed by atoms with Crippen molar-refractivity contribution >= 4 is 0 Å². The molecule has 0 radical (unpaired) electrons. The maximum Gasteiger partial charge on any atom is 0.129 e. The second-order valence-corrected chi connectivity index (χ2v) is 4.13. The third-order valence-electron chi connectivity index (χ3n) is 2.33. The van der Waals surface area contributed by atoms with E-state index in [1.807, 2.05) is 20.8 Å². The highest BCUT2D eigenvalue weighted by Gasteiger charge is 2.11. The molecular formula is C12H17F2N. The van der Waals surface area contributed by atoms with E-state index in [1.165, 1.54) is 12.1 Å². The molecule has 1 aromatic rings. The monoisotopic (exact) mass is 213 g/mol. The molecule has 0 aliphatic rings. The minimum Gasteiger partial charge on any atom is -0.314 e. The van der Waals surface area contributed by atoms with Crippen LogP contribution in [0.1, 0.15) is 32.3 Å². The zero-order valence-corrected chi connectivity index (χ0v) is 9.35. The zero-order chi connectivity index (χ0) is 11.4. The maximum absolute atomic E-state index is 13.4. The van der Waals surface area contributed by atoms with Crippen LogP contribution in [0.2, 0.25) is 0 Å². The smallest absolute Gasteiger partial charge is 0.129 e. The van der Waals surface area contributed by atoms with Crippen molar-refractivity contribution in [1.29, 1.82) is 0 Å². The van der Waals surface area contributed by atoms with Gasteiger partial charge in [0.2, 0.25) is 0 Å². The molecule has 0 fully saturated rings. The summed E-state index contributed by atoms with van der Waals surface area (Å²) < 4.78 is 26.0. The van der Waals surface area contributed by atoms with Crippen LogP contribution in [0.3, 0.4) is 0 Å². The minimum atomic E-state index is -0.528. The van der Waals surface area contributed by atoms with Crippen LogP contribution in [0.5, 0.6) is 0 Å². The summed E-state index contributed by atoms with van der Waals surface area (Å²) in [6.07, 6.45) is 0. The Bertz CT molecular complexity index is 323. The van der Waals surface area contributed by atoms with Crippen LogP contribution in [-0.4, -0.2) is 12.6 Å². The van der Waals surface area contributed by atoms with Gasteiger partial charge in [-0.1, -0.05) is 26.8 Å². The van der Waals surface area contributed by atoms with Gasteiger partial charge in [-0.15, -0.1) is 0 Å². The van der Waals surface area contributed by atoms with Gasteiger partial charge in [0.25, 0.3) is 0 Å². The van der Waals surface area contributed by atoms with E-state index < -0.39 is 11.6 Å².